The molecule has 1 fully saturated rings. The van der Waals surface area contributed by atoms with Gasteiger partial charge in [-0.05, 0) is 18.3 Å². The van der Waals surface area contributed by atoms with Gasteiger partial charge < -0.3 is 19.8 Å². The van der Waals surface area contributed by atoms with Crippen LogP contribution in [0.5, 0.6) is 0 Å². The molecule has 1 saturated carbocycles. The molecule has 0 spiro atoms. The van der Waals surface area contributed by atoms with E-state index in [0.717, 1.165) is 6.42 Å². The van der Waals surface area contributed by atoms with Gasteiger partial charge in [0, 0.05) is 20.7 Å². The van der Waals surface area contributed by atoms with Crippen molar-refractivity contribution < 1.29 is 24.5 Å². The zero-order valence-corrected chi connectivity index (χ0v) is 11.7. The van der Waals surface area contributed by atoms with Gasteiger partial charge in [-0.15, -0.1) is 0 Å². The van der Waals surface area contributed by atoms with E-state index in [0.29, 0.717) is 0 Å². The lowest BCUT2D eigenvalue weighted by atomic mass is 9.82. The molecule has 5 atom stereocenters. The van der Waals surface area contributed by atoms with Crippen molar-refractivity contribution in [3.63, 3.8) is 0 Å². The second-order valence-electron chi connectivity index (χ2n) is 5.67. The van der Waals surface area contributed by atoms with Crippen molar-refractivity contribution in [2.24, 2.45) is 23.7 Å². The Hall–Kier alpha value is -1.40. The summed E-state index contributed by atoms with van der Waals surface area (Å²) in [6, 6.07) is 0. The normalized spacial score (nSPS) is 32.4. The van der Waals surface area contributed by atoms with E-state index in [2.05, 4.69) is 0 Å². The fraction of sp³-hybridized carbons (Fsp3) is 0.714. The van der Waals surface area contributed by atoms with E-state index in [9.17, 15) is 19.8 Å². The molecule has 2 N–H and O–H groups in total. The molecule has 0 saturated heterocycles. The maximum Gasteiger partial charge on any atom is 0.307 e. The highest BCUT2D eigenvalue weighted by Gasteiger charge is 2.52. The molecular weight excluding hydrogens is 262 g/mol. The lowest BCUT2D eigenvalue weighted by Gasteiger charge is -2.29. The number of ether oxygens (including phenoxy) is 1. The van der Waals surface area contributed by atoms with Crippen molar-refractivity contribution >= 4 is 11.9 Å². The predicted molar refractivity (Wildman–Crippen MR) is 70.9 cm³/mol. The SMILES string of the molecule is COCC(O)CN(C)C(=O)[C@H]1C2C=CC(C2)[C@H]1C(=O)O. The molecule has 0 heterocycles. The van der Waals surface area contributed by atoms with Gasteiger partial charge in [0.25, 0.3) is 0 Å². The number of nitrogens with zero attached hydrogens (tertiary/aromatic N) is 1. The molecule has 2 aliphatic carbocycles. The summed E-state index contributed by atoms with van der Waals surface area (Å²) in [6.45, 7) is 0.299. The highest BCUT2D eigenvalue weighted by molar-refractivity contribution is 5.86. The summed E-state index contributed by atoms with van der Waals surface area (Å²) in [5, 5.41) is 19.0. The number of aliphatic hydroxyl groups excluding tert-OH is 1. The third kappa shape index (κ3) is 2.71. The summed E-state index contributed by atoms with van der Waals surface area (Å²) in [7, 11) is 3.07. The molecule has 3 unspecified atom stereocenters. The van der Waals surface area contributed by atoms with Crippen LogP contribution in [0.4, 0.5) is 0 Å². The Morgan fingerprint density at radius 3 is 2.50 bits per heavy atom. The minimum absolute atomic E-state index is 0.00983. The van der Waals surface area contributed by atoms with Crippen LogP contribution in [0.3, 0.4) is 0 Å². The van der Waals surface area contributed by atoms with Crippen LogP contribution in [0.15, 0.2) is 12.2 Å². The molecule has 6 heteroatoms. The highest BCUT2D eigenvalue weighted by Crippen LogP contribution is 2.48. The predicted octanol–water partition coefficient (Wildman–Crippen LogP) is -0.0250. The van der Waals surface area contributed by atoms with Gasteiger partial charge in [-0.25, -0.2) is 0 Å². The van der Waals surface area contributed by atoms with Crippen molar-refractivity contribution in [3.8, 4) is 0 Å². The third-order valence-electron chi connectivity index (χ3n) is 4.25. The van der Waals surface area contributed by atoms with Gasteiger partial charge in [-0.3, -0.25) is 9.59 Å². The first-order valence-electron chi connectivity index (χ1n) is 6.78. The average molecular weight is 283 g/mol. The smallest absolute Gasteiger partial charge is 0.307 e. The quantitative estimate of drug-likeness (QED) is 0.669. The molecule has 0 aliphatic heterocycles. The zero-order valence-electron chi connectivity index (χ0n) is 11.7. The van der Waals surface area contributed by atoms with Crippen LogP contribution in [-0.4, -0.2) is 60.4 Å². The van der Waals surface area contributed by atoms with Crippen molar-refractivity contribution in [1.29, 1.82) is 0 Å². The fourth-order valence-electron chi connectivity index (χ4n) is 3.40. The standard InChI is InChI=1S/C14H21NO5/c1-15(6-10(16)7-20-2)13(17)11-8-3-4-9(5-8)12(11)14(18)19/h3-4,8-12,16H,5-7H2,1-2H3,(H,18,19)/t8?,9?,10?,11-,12+/m0/s1. The topological polar surface area (TPSA) is 87.1 Å². The molecule has 0 aromatic rings. The summed E-state index contributed by atoms with van der Waals surface area (Å²) in [4.78, 5) is 25.3. The van der Waals surface area contributed by atoms with Crippen LogP contribution in [0.25, 0.3) is 0 Å². The Bertz CT molecular complexity index is 422. The zero-order chi connectivity index (χ0) is 14.9. The number of aliphatic hydroxyl groups is 1. The largest absolute Gasteiger partial charge is 0.481 e. The van der Waals surface area contributed by atoms with Gasteiger partial charge >= 0.3 is 5.97 Å². The minimum Gasteiger partial charge on any atom is -0.481 e. The van der Waals surface area contributed by atoms with Crippen LogP contribution >= 0.6 is 0 Å². The monoisotopic (exact) mass is 283 g/mol. The van der Waals surface area contributed by atoms with Crippen molar-refractivity contribution in [3.05, 3.63) is 12.2 Å². The summed E-state index contributed by atoms with van der Waals surface area (Å²) < 4.78 is 4.83. The summed E-state index contributed by atoms with van der Waals surface area (Å²) >= 11 is 0. The second-order valence-corrected chi connectivity index (χ2v) is 5.67. The first kappa shape index (κ1) is 15.0. The van der Waals surface area contributed by atoms with E-state index < -0.39 is 23.9 Å². The number of rotatable bonds is 6. The summed E-state index contributed by atoms with van der Waals surface area (Å²) in [5.41, 5.74) is 0. The summed E-state index contributed by atoms with van der Waals surface area (Å²) in [5.74, 6) is -2.29. The Balaban J connectivity index is 2.04. The average Bonchev–Trinajstić information content (AvgIpc) is 2.97. The fourth-order valence-corrected chi connectivity index (χ4v) is 3.40. The number of carbonyl (C=O) groups excluding carboxylic acids is 1. The van der Waals surface area contributed by atoms with Crippen molar-refractivity contribution in [1.82, 2.24) is 4.90 Å². The van der Waals surface area contributed by atoms with Gasteiger partial charge in [-0.2, -0.15) is 0 Å². The number of allylic oxidation sites excluding steroid dienone is 2. The van der Waals surface area contributed by atoms with Gasteiger partial charge in [0.15, 0.2) is 0 Å². The van der Waals surface area contributed by atoms with E-state index in [1.807, 2.05) is 12.2 Å². The van der Waals surface area contributed by atoms with E-state index in [1.54, 1.807) is 7.05 Å². The maximum atomic E-state index is 12.5. The molecule has 2 rings (SSSR count). The lowest BCUT2D eigenvalue weighted by molar-refractivity contribution is -0.151. The molecule has 0 radical (unpaired) electrons. The number of amides is 1. The second kappa shape index (κ2) is 5.93. The van der Waals surface area contributed by atoms with Gasteiger partial charge in [-0.1, -0.05) is 12.2 Å². The molecule has 6 nitrogen and oxygen atoms in total. The number of aliphatic carboxylic acids is 1. The number of carboxylic acids is 1. The number of likely N-dealkylation sites (N-methyl/N-ethyl adjacent to an activating group) is 1. The minimum atomic E-state index is -0.911. The molecule has 0 aromatic carbocycles. The molecule has 1 amide bonds. The van der Waals surface area contributed by atoms with Crippen LogP contribution in [0.2, 0.25) is 0 Å². The Morgan fingerprint density at radius 1 is 1.35 bits per heavy atom. The first-order valence-corrected chi connectivity index (χ1v) is 6.78. The molecule has 20 heavy (non-hydrogen) atoms. The van der Waals surface area contributed by atoms with Gasteiger partial charge in [0.05, 0.1) is 24.5 Å². The van der Waals surface area contributed by atoms with Gasteiger partial charge in [0.2, 0.25) is 5.91 Å². The number of methoxy groups -OCH3 is 1. The van der Waals surface area contributed by atoms with Crippen molar-refractivity contribution in [2.75, 3.05) is 27.3 Å². The molecule has 2 bridgehead atoms. The van der Waals surface area contributed by atoms with Crippen LogP contribution in [-0.2, 0) is 14.3 Å². The highest BCUT2D eigenvalue weighted by atomic mass is 16.5. The van der Waals surface area contributed by atoms with Crippen LogP contribution in [0, 0.1) is 23.7 Å². The Kier molecular flexibility index (Phi) is 4.45. The van der Waals surface area contributed by atoms with E-state index in [-0.39, 0.29) is 30.9 Å². The van der Waals surface area contributed by atoms with E-state index >= 15 is 0 Å². The van der Waals surface area contributed by atoms with E-state index in [4.69, 9.17) is 4.74 Å². The lowest BCUT2D eigenvalue weighted by Crippen LogP contribution is -2.44. The van der Waals surface area contributed by atoms with Gasteiger partial charge in [0.1, 0.15) is 0 Å². The number of hydrogen-bond acceptors (Lipinski definition) is 4. The molecule has 112 valence electrons. The summed E-state index contributed by atoms with van der Waals surface area (Å²) in [6.07, 6.45) is 3.84. The number of carboxylic acid groups (broad SMARTS) is 1. The third-order valence-corrected chi connectivity index (χ3v) is 4.25. The van der Waals surface area contributed by atoms with Crippen LogP contribution in [0.1, 0.15) is 6.42 Å². The number of fused-ring (bicyclic) bond motifs is 2. The first-order chi connectivity index (χ1) is 9.45. The molecule has 0 aromatic heterocycles. The number of hydrogen-bond donors (Lipinski definition) is 2. The molecule has 2 aliphatic rings. The Labute approximate surface area is 118 Å². The van der Waals surface area contributed by atoms with Crippen LogP contribution < -0.4 is 0 Å². The van der Waals surface area contributed by atoms with Crippen molar-refractivity contribution in [2.45, 2.75) is 12.5 Å². The Morgan fingerprint density at radius 2 is 1.95 bits per heavy atom. The number of carbonyl (C=O) groups is 2. The maximum absolute atomic E-state index is 12.5. The molecular formula is C14H21NO5. The van der Waals surface area contributed by atoms with E-state index in [1.165, 1.54) is 12.0 Å².